The molecule has 3 rings (SSSR count). The van der Waals surface area contributed by atoms with E-state index in [-0.39, 0.29) is 5.60 Å². The maximum absolute atomic E-state index is 6.38. The average molecular weight is 263 g/mol. The van der Waals surface area contributed by atoms with Crippen LogP contribution in [0.5, 0.6) is 5.75 Å². The first kappa shape index (κ1) is 12.4. The van der Waals surface area contributed by atoms with Crippen molar-refractivity contribution in [2.45, 2.75) is 37.8 Å². The number of thioether (sulfide) groups is 1. The van der Waals surface area contributed by atoms with Gasteiger partial charge in [-0.1, -0.05) is 25.1 Å². The van der Waals surface area contributed by atoms with Gasteiger partial charge in [-0.2, -0.15) is 11.8 Å². The summed E-state index contributed by atoms with van der Waals surface area (Å²) < 4.78 is 6.38. The minimum Gasteiger partial charge on any atom is -0.486 e. The van der Waals surface area contributed by atoms with Crippen LogP contribution >= 0.6 is 11.8 Å². The molecule has 0 aromatic heterocycles. The van der Waals surface area contributed by atoms with Crippen molar-refractivity contribution in [2.24, 2.45) is 0 Å². The number of ether oxygens (including phenoxy) is 1. The molecule has 0 radical (unpaired) electrons. The number of hydrogen-bond donors (Lipinski definition) is 1. The Bertz CT molecular complexity index is 415. The Hall–Kier alpha value is -0.670. The van der Waals surface area contributed by atoms with Crippen LogP contribution < -0.4 is 10.1 Å². The number of benzene rings is 1. The number of para-hydroxylation sites is 1. The Morgan fingerprint density at radius 1 is 1.44 bits per heavy atom. The van der Waals surface area contributed by atoms with Crippen LogP contribution in [0.3, 0.4) is 0 Å². The monoisotopic (exact) mass is 263 g/mol. The molecule has 2 nitrogen and oxygen atoms in total. The number of rotatable bonds is 2. The van der Waals surface area contributed by atoms with Gasteiger partial charge in [0, 0.05) is 23.8 Å². The van der Waals surface area contributed by atoms with Gasteiger partial charge in [0.15, 0.2) is 0 Å². The highest BCUT2D eigenvalue weighted by Gasteiger charge is 2.41. The van der Waals surface area contributed by atoms with Crippen LogP contribution in [0.1, 0.15) is 37.8 Å². The molecule has 0 bridgehead atoms. The summed E-state index contributed by atoms with van der Waals surface area (Å²) in [5.74, 6) is 3.53. The molecular formula is C15H21NOS. The topological polar surface area (TPSA) is 21.3 Å². The Kier molecular flexibility index (Phi) is 3.53. The second-order valence-electron chi connectivity index (χ2n) is 5.29. The fraction of sp³-hybridized carbons (Fsp3) is 0.600. The van der Waals surface area contributed by atoms with E-state index in [2.05, 4.69) is 36.5 Å². The fourth-order valence-electron chi connectivity index (χ4n) is 3.11. The van der Waals surface area contributed by atoms with Crippen LogP contribution in [0.15, 0.2) is 24.3 Å². The summed E-state index contributed by atoms with van der Waals surface area (Å²) in [5.41, 5.74) is 1.41. The third kappa shape index (κ3) is 2.26. The summed E-state index contributed by atoms with van der Waals surface area (Å²) in [5, 5.41) is 3.62. The first-order valence-corrected chi connectivity index (χ1v) is 8.07. The molecule has 1 aromatic carbocycles. The standard InChI is InChI=1S/C15H21NOS/c1-2-16-13-10-15(8-5-9-18-11-15)17-14-7-4-3-6-12(13)14/h3-4,6-7,13,16H,2,5,8-11H2,1H3. The van der Waals surface area contributed by atoms with Crippen molar-refractivity contribution in [3.05, 3.63) is 29.8 Å². The molecule has 0 amide bonds. The zero-order chi connectivity index (χ0) is 12.4. The molecule has 2 aliphatic rings. The maximum Gasteiger partial charge on any atom is 0.124 e. The van der Waals surface area contributed by atoms with E-state index >= 15 is 0 Å². The van der Waals surface area contributed by atoms with E-state index in [0.29, 0.717) is 6.04 Å². The van der Waals surface area contributed by atoms with Gasteiger partial charge in [-0.25, -0.2) is 0 Å². The van der Waals surface area contributed by atoms with Crippen LogP contribution in [-0.4, -0.2) is 23.7 Å². The summed E-state index contributed by atoms with van der Waals surface area (Å²) in [6, 6.07) is 8.97. The quantitative estimate of drug-likeness (QED) is 0.884. The van der Waals surface area contributed by atoms with E-state index in [4.69, 9.17) is 4.74 Å². The molecule has 18 heavy (non-hydrogen) atoms. The van der Waals surface area contributed by atoms with Gasteiger partial charge in [0.2, 0.25) is 0 Å². The SMILES string of the molecule is CCNC1CC2(CCCSC2)Oc2ccccc21. The van der Waals surface area contributed by atoms with E-state index in [9.17, 15) is 0 Å². The zero-order valence-corrected chi connectivity index (χ0v) is 11.8. The second kappa shape index (κ2) is 5.14. The zero-order valence-electron chi connectivity index (χ0n) is 10.9. The summed E-state index contributed by atoms with van der Waals surface area (Å²) in [7, 11) is 0. The molecule has 2 aliphatic heterocycles. The summed E-state index contributed by atoms with van der Waals surface area (Å²) in [6.45, 7) is 3.20. The van der Waals surface area contributed by atoms with Crippen molar-refractivity contribution in [1.82, 2.24) is 5.32 Å². The number of fused-ring (bicyclic) bond motifs is 1. The lowest BCUT2D eigenvalue weighted by Crippen LogP contribution is -2.47. The Balaban J connectivity index is 1.91. The molecule has 3 heteroatoms. The van der Waals surface area contributed by atoms with Crippen LogP contribution in [0, 0.1) is 0 Å². The molecule has 98 valence electrons. The van der Waals surface area contributed by atoms with Gasteiger partial charge in [0.25, 0.3) is 0 Å². The lowest BCUT2D eigenvalue weighted by atomic mass is 9.85. The molecule has 1 saturated heterocycles. The van der Waals surface area contributed by atoms with Gasteiger partial charge in [-0.3, -0.25) is 0 Å². The first-order valence-electron chi connectivity index (χ1n) is 6.92. The van der Waals surface area contributed by atoms with Crippen molar-refractivity contribution in [3.63, 3.8) is 0 Å². The summed E-state index contributed by atoms with van der Waals surface area (Å²) >= 11 is 2.04. The highest BCUT2D eigenvalue weighted by molar-refractivity contribution is 7.99. The average Bonchev–Trinajstić information content (AvgIpc) is 2.40. The summed E-state index contributed by atoms with van der Waals surface area (Å²) in [6.07, 6.45) is 3.60. The highest BCUT2D eigenvalue weighted by atomic mass is 32.2. The molecule has 1 spiro atoms. The predicted octanol–water partition coefficient (Wildman–Crippen LogP) is 3.39. The van der Waals surface area contributed by atoms with Gasteiger partial charge in [-0.05, 0) is 31.2 Å². The van der Waals surface area contributed by atoms with E-state index in [1.165, 1.54) is 24.2 Å². The molecule has 1 N–H and O–H groups in total. The van der Waals surface area contributed by atoms with Gasteiger partial charge in [0.1, 0.15) is 11.4 Å². The van der Waals surface area contributed by atoms with Gasteiger partial charge < -0.3 is 10.1 Å². The van der Waals surface area contributed by atoms with E-state index in [1.54, 1.807) is 0 Å². The molecule has 1 aromatic rings. The van der Waals surface area contributed by atoms with Crippen LogP contribution in [0.2, 0.25) is 0 Å². The van der Waals surface area contributed by atoms with Crippen molar-refractivity contribution < 1.29 is 4.74 Å². The van der Waals surface area contributed by atoms with E-state index in [0.717, 1.165) is 24.5 Å². The Morgan fingerprint density at radius 2 is 2.33 bits per heavy atom. The molecule has 2 unspecified atom stereocenters. The number of nitrogens with one attached hydrogen (secondary N) is 1. The third-order valence-corrected chi connectivity index (χ3v) is 5.24. The van der Waals surface area contributed by atoms with Gasteiger partial charge in [0.05, 0.1) is 0 Å². The van der Waals surface area contributed by atoms with E-state index < -0.39 is 0 Å². The largest absolute Gasteiger partial charge is 0.486 e. The van der Waals surface area contributed by atoms with Gasteiger partial charge in [-0.15, -0.1) is 0 Å². The van der Waals surface area contributed by atoms with Crippen LogP contribution in [0.25, 0.3) is 0 Å². The fourth-order valence-corrected chi connectivity index (χ4v) is 4.30. The smallest absolute Gasteiger partial charge is 0.124 e. The molecule has 0 aliphatic carbocycles. The minimum absolute atomic E-state index is 0.0735. The lowest BCUT2D eigenvalue weighted by molar-refractivity contribution is 0.0416. The molecule has 2 atom stereocenters. The van der Waals surface area contributed by atoms with Crippen molar-refractivity contribution in [2.75, 3.05) is 18.1 Å². The molecule has 0 saturated carbocycles. The maximum atomic E-state index is 6.38. The molecular weight excluding hydrogens is 242 g/mol. The Morgan fingerprint density at radius 3 is 3.11 bits per heavy atom. The Labute approximate surface area is 113 Å². The second-order valence-corrected chi connectivity index (χ2v) is 6.40. The third-order valence-electron chi connectivity index (χ3n) is 3.93. The normalized spacial score (nSPS) is 30.8. The van der Waals surface area contributed by atoms with Crippen molar-refractivity contribution in [3.8, 4) is 5.75 Å². The molecule has 1 fully saturated rings. The van der Waals surface area contributed by atoms with Gasteiger partial charge >= 0.3 is 0 Å². The highest BCUT2D eigenvalue weighted by Crippen LogP contribution is 2.44. The van der Waals surface area contributed by atoms with Crippen molar-refractivity contribution in [1.29, 1.82) is 0 Å². The predicted molar refractivity (Wildman–Crippen MR) is 77.4 cm³/mol. The van der Waals surface area contributed by atoms with Crippen LogP contribution in [0.4, 0.5) is 0 Å². The molecule has 2 heterocycles. The summed E-state index contributed by atoms with van der Waals surface area (Å²) in [4.78, 5) is 0. The van der Waals surface area contributed by atoms with Crippen LogP contribution in [-0.2, 0) is 0 Å². The minimum atomic E-state index is 0.0735. The lowest BCUT2D eigenvalue weighted by Gasteiger charge is -2.44. The first-order chi connectivity index (χ1) is 8.83. The van der Waals surface area contributed by atoms with Crippen molar-refractivity contribution >= 4 is 11.8 Å². The van der Waals surface area contributed by atoms with E-state index in [1.807, 2.05) is 11.8 Å². The number of hydrogen-bond acceptors (Lipinski definition) is 3.